The number of hydrogen-bond acceptors (Lipinski definition) is 3. The molecule has 0 radical (unpaired) electrons. The van der Waals surface area contributed by atoms with Crippen molar-refractivity contribution in [2.75, 3.05) is 19.6 Å². The van der Waals surface area contributed by atoms with Crippen molar-refractivity contribution in [2.45, 2.75) is 19.8 Å². The van der Waals surface area contributed by atoms with Crippen molar-refractivity contribution >= 4 is 0 Å². The first kappa shape index (κ1) is 14.6. The maximum atomic E-state index is 8.79. The van der Waals surface area contributed by atoms with Crippen molar-refractivity contribution < 1.29 is 0 Å². The highest BCUT2D eigenvalue weighted by molar-refractivity contribution is 5.36. The van der Waals surface area contributed by atoms with Gasteiger partial charge in [-0.25, -0.2) is 0 Å². The van der Waals surface area contributed by atoms with E-state index in [1.165, 1.54) is 0 Å². The van der Waals surface area contributed by atoms with Crippen molar-refractivity contribution in [3.8, 4) is 6.07 Å². The standard InChI is InChI=1S/C13H21N3/c1-3-5-13(10-15)7-6-12(2)11-16-9-4-8-14/h5-7,16H,2-4,8-9,11,14H2,1H3/b7-6-,13-5+. The van der Waals surface area contributed by atoms with Crippen LogP contribution in [0.1, 0.15) is 19.8 Å². The van der Waals surface area contributed by atoms with E-state index >= 15 is 0 Å². The van der Waals surface area contributed by atoms with Gasteiger partial charge in [-0.05, 0) is 37.6 Å². The van der Waals surface area contributed by atoms with Crippen molar-refractivity contribution in [1.82, 2.24) is 5.32 Å². The summed E-state index contributed by atoms with van der Waals surface area (Å²) < 4.78 is 0. The van der Waals surface area contributed by atoms with Crippen LogP contribution in [0.4, 0.5) is 0 Å². The van der Waals surface area contributed by atoms with Gasteiger partial charge in [-0.2, -0.15) is 5.26 Å². The highest BCUT2D eigenvalue weighted by Crippen LogP contribution is 2.00. The van der Waals surface area contributed by atoms with Crippen LogP contribution in [-0.4, -0.2) is 19.6 Å². The molecule has 0 saturated carbocycles. The SMILES string of the molecule is C=C(/C=C\C(C#N)=C/CC)CNCCCN. The Bertz CT molecular complexity index is 295. The first-order valence-electron chi connectivity index (χ1n) is 5.61. The van der Waals surface area contributed by atoms with E-state index in [2.05, 4.69) is 18.0 Å². The van der Waals surface area contributed by atoms with E-state index < -0.39 is 0 Å². The van der Waals surface area contributed by atoms with E-state index in [4.69, 9.17) is 11.0 Å². The third-order valence-electron chi connectivity index (χ3n) is 1.96. The van der Waals surface area contributed by atoms with Gasteiger partial charge in [0, 0.05) is 12.1 Å². The lowest BCUT2D eigenvalue weighted by Crippen LogP contribution is -2.19. The normalized spacial score (nSPS) is 11.7. The van der Waals surface area contributed by atoms with Gasteiger partial charge in [0.15, 0.2) is 0 Å². The van der Waals surface area contributed by atoms with E-state index in [1.807, 2.05) is 19.1 Å². The molecule has 88 valence electrons. The van der Waals surface area contributed by atoms with Gasteiger partial charge in [0.1, 0.15) is 0 Å². The smallest absolute Gasteiger partial charge is 0.0988 e. The van der Waals surface area contributed by atoms with Crippen LogP contribution in [0, 0.1) is 11.3 Å². The molecule has 0 atom stereocenters. The summed E-state index contributed by atoms with van der Waals surface area (Å²) in [5, 5.41) is 12.0. The summed E-state index contributed by atoms with van der Waals surface area (Å²) in [7, 11) is 0. The fourth-order valence-corrected chi connectivity index (χ4v) is 1.11. The molecule has 16 heavy (non-hydrogen) atoms. The van der Waals surface area contributed by atoms with Crippen LogP contribution in [0.3, 0.4) is 0 Å². The molecule has 0 amide bonds. The molecule has 0 aromatic carbocycles. The summed E-state index contributed by atoms with van der Waals surface area (Å²) in [6.45, 7) is 8.25. The molecule has 0 aliphatic carbocycles. The summed E-state index contributed by atoms with van der Waals surface area (Å²) in [6.07, 6.45) is 7.41. The Kier molecular flexibility index (Phi) is 9.29. The molecule has 0 heterocycles. The lowest BCUT2D eigenvalue weighted by molar-refractivity contribution is 0.693. The quantitative estimate of drug-likeness (QED) is 0.372. The van der Waals surface area contributed by atoms with Gasteiger partial charge >= 0.3 is 0 Å². The minimum atomic E-state index is 0.686. The average Bonchev–Trinajstić information content (AvgIpc) is 2.30. The van der Waals surface area contributed by atoms with Gasteiger partial charge in [-0.3, -0.25) is 0 Å². The highest BCUT2D eigenvalue weighted by Gasteiger charge is 1.91. The van der Waals surface area contributed by atoms with Crippen molar-refractivity contribution in [3.05, 3.63) is 36.0 Å². The first-order valence-corrected chi connectivity index (χ1v) is 5.61. The molecular formula is C13H21N3. The zero-order valence-electron chi connectivity index (χ0n) is 10.00. The van der Waals surface area contributed by atoms with Gasteiger partial charge in [-0.1, -0.05) is 25.7 Å². The summed E-state index contributed by atoms with van der Waals surface area (Å²) >= 11 is 0. The van der Waals surface area contributed by atoms with Crippen molar-refractivity contribution in [1.29, 1.82) is 5.26 Å². The average molecular weight is 219 g/mol. The molecule has 3 N–H and O–H groups in total. The first-order chi connectivity index (χ1) is 7.74. The second-order valence-corrected chi connectivity index (χ2v) is 3.49. The number of rotatable bonds is 8. The van der Waals surface area contributed by atoms with Crippen LogP contribution >= 0.6 is 0 Å². The zero-order chi connectivity index (χ0) is 12.2. The molecule has 0 bridgehead atoms. The van der Waals surface area contributed by atoms with Crippen molar-refractivity contribution in [2.24, 2.45) is 5.73 Å². The monoisotopic (exact) mass is 219 g/mol. The predicted octanol–water partition coefficient (Wildman–Crippen LogP) is 1.90. The van der Waals surface area contributed by atoms with E-state index in [9.17, 15) is 0 Å². The Morgan fingerprint density at radius 3 is 2.81 bits per heavy atom. The third kappa shape index (κ3) is 7.98. The minimum Gasteiger partial charge on any atom is -0.330 e. The molecular weight excluding hydrogens is 198 g/mol. The fourth-order valence-electron chi connectivity index (χ4n) is 1.11. The molecule has 0 saturated heterocycles. The maximum absolute atomic E-state index is 8.79. The largest absolute Gasteiger partial charge is 0.330 e. The molecule has 3 heteroatoms. The summed E-state index contributed by atoms with van der Waals surface area (Å²) in [4.78, 5) is 0. The molecule has 3 nitrogen and oxygen atoms in total. The Balaban J connectivity index is 3.90. The summed E-state index contributed by atoms with van der Waals surface area (Å²) in [5.74, 6) is 0. The molecule has 0 aliphatic heterocycles. The van der Waals surface area contributed by atoms with E-state index in [-0.39, 0.29) is 0 Å². The third-order valence-corrected chi connectivity index (χ3v) is 1.96. The number of nitriles is 1. The Morgan fingerprint density at radius 1 is 1.50 bits per heavy atom. The van der Waals surface area contributed by atoms with Gasteiger partial charge < -0.3 is 11.1 Å². The molecule has 0 aromatic heterocycles. The molecule has 0 unspecified atom stereocenters. The molecule has 0 spiro atoms. The molecule has 0 rings (SSSR count). The fraction of sp³-hybridized carbons (Fsp3) is 0.462. The number of hydrogen-bond donors (Lipinski definition) is 2. The predicted molar refractivity (Wildman–Crippen MR) is 68.8 cm³/mol. The highest BCUT2D eigenvalue weighted by atomic mass is 14.8. The van der Waals surface area contributed by atoms with Crippen LogP contribution in [-0.2, 0) is 0 Å². The van der Waals surface area contributed by atoms with Gasteiger partial charge in [0.2, 0.25) is 0 Å². The van der Waals surface area contributed by atoms with Crippen LogP contribution in [0.2, 0.25) is 0 Å². The number of allylic oxidation sites excluding steroid dienone is 3. The number of nitrogens with zero attached hydrogens (tertiary/aromatic N) is 1. The van der Waals surface area contributed by atoms with E-state index in [1.54, 1.807) is 6.08 Å². The minimum absolute atomic E-state index is 0.686. The molecule has 0 aliphatic rings. The van der Waals surface area contributed by atoms with Crippen LogP contribution in [0.5, 0.6) is 0 Å². The lowest BCUT2D eigenvalue weighted by Gasteiger charge is -2.02. The Morgan fingerprint density at radius 2 is 2.25 bits per heavy atom. The van der Waals surface area contributed by atoms with Gasteiger partial charge in [0.25, 0.3) is 0 Å². The lowest BCUT2D eigenvalue weighted by atomic mass is 10.2. The maximum Gasteiger partial charge on any atom is 0.0988 e. The topological polar surface area (TPSA) is 61.8 Å². The Hall–Kier alpha value is -1.37. The second kappa shape index (κ2) is 10.2. The van der Waals surface area contributed by atoms with Crippen LogP contribution in [0.15, 0.2) is 36.0 Å². The number of nitrogens with one attached hydrogen (secondary N) is 1. The Labute approximate surface area is 98.3 Å². The number of nitrogens with two attached hydrogens (primary N) is 1. The van der Waals surface area contributed by atoms with Crippen LogP contribution < -0.4 is 11.1 Å². The molecule has 0 fully saturated rings. The molecule has 0 aromatic rings. The summed E-state index contributed by atoms with van der Waals surface area (Å²) in [6, 6.07) is 2.13. The van der Waals surface area contributed by atoms with Crippen LogP contribution in [0.25, 0.3) is 0 Å². The van der Waals surface area contributed by atoms with E-state index in [0.29, 0.717) is 12.1 Å². The second-order valence-electron chi connectivity index (χ2n) is 3.49. The zero-order valence-corrected chi connectivity index (χ0v) is 10.00. The summed E-state index contributed by atoms with van der Waals surface area (Å²) in [5.41, 5.74) is 7.03. The van der Waals surface area contributed by atoms with Gasteiger partial charge in [0.05, 0.1) is 6.07 Å². The van der Waals surface area contributed by atoms with Gasteiger partial charge in [-0.15, -0.1) is 0 Å². The van der Waals surface area contributed by atoms with Crippen molar-refractivity contribution in [3.63, 3.8) is 0 Å². The van der Waals surface area contributed by atoms with E-state index in [0.717, 1.165) is 31.5 Å².